The molecule has 0 aliphatic carbocycles. The van der Waals surface area contributed by atoms with Crippen LogP contribution in [0.15, 0.2) is 46.0 Å². The quantitative estimate of drug-likeness (QED) is 0.187. The number of rotatable bonds is 8. The molecule has 2 heterocycles. The molecule has 0 bridgehead atoms. The van der Waals surface area contributed by atoms with Crippen molar-refractivity contribution >= 4 is 24.6 Å². The number of pyridine rings is 2. The number of carbonyl (C=O) groups excluding carboxylic acids is 2. The van der Waals surface area contributed by atoms with Gasteiger partial charge in [0.15, 0.2) is 0 Å². The molecular formula is C16H19FeN5O6S. The van der Waals surface area contributed by atoms with Crippen LogP contribution in [-0.2, 0) is 17.1 Å². The number of nitrogens with zero attached hydrogens (tertiary/aromatic N) is 3. The summed E-state index contributed by atoms with van der Waals surface area (Å²) in [6.45, 7) is 0.967. The van der Waals surface area contributed by atoms with E-state index in [0.717, 1.165) is 12.1 Å². The Morgan fingerprint density at radius 3 is 1.62 bits per heavy atom. The maximum Gasteiger partial charge on any atom is 0.283 e. The molecule has 29 heavy (non-hydrogen) atoms. The summed E-state index contributed by atoms with van der Waals surface area (Å²) in [5.41, 5.74) is -1.82. The van der Waals surface area contributed by atoms with E-state index in [1.807, 2.05) is 0 Å². The molecule has 0 aliphatic rings. The SMILES string of the molecule is O=C(NCCN(S)CCNC(=O)c1cccc(=O)n1O)c1cccc(=O)n1O.[Fe]. The smallest absolute Gasteiger partial charge is 0.283 e. The Kier molecular flexibility index (Phi) is 9.48. The summed E-state index contributed by atoms with van der Waals surface area (Å²) in [7, 11) is 0. The largest absolute Gasteiger partial charge is 0.425 e. The van der Waals surface area contributed by atoms with E-state index < -0.39 is 22.9 Å². The van der Waals surface area contributed by atoms with Gasteiger partial charge in [0.1, 0.15) is 11.4 Å². The second-order valence-electron chi connectivity index (χ2n) is 5.59. The first kappa shape index (κ1) is 24.3. The zero-order valence-electron chi connectivity index (χ0n) is 15.0. The molecular weight excluding hydrogens is 446 g/mol. The first-order chi connectivity index (χ1) is 13.3. The Morgan fingerprint density at radius 2 is 1.24 bits per heavy atom. The fourth-order valence-electron chi connectivity index (χ4n) is 2.20. The van der Waals surface area contributed by atoms with Crippen LogP contribution in [0.4, 0.5) is 0 Å². The van der Waals surface area contributed by atoms with E-state index in [4.69, 9.17) is 0 Å². The van der Waals surface area contributed by atoms with E-state index in [0.29, 0.717) is 13.1 Å². The Labute approximate surface area is 180 Å². The fraction of sp³-hybridized carbons (Fsp3) is 0.250. The monoisotopic (exact) mass is 465 g/mol. The van der Waals surface area contributed by atoms with Crippen LogP contribution in [-0.4, -0.2) is 62.2 Å². The number of aromatic nitrogens is 2. The molecule has 0 atom stereocenters. The summed E-state index contributed by atoms with van der Waals surface area (Å²) >= 11 is 4.20. The predicted molar refractivity (Wildman–Crippen MR) is 101 cm³/mol. The summed E-state index contributed by atoms with van der Waals surface area (Å²) in [6, 6.07) is 7.55. The van der Waals surface area contributed by atoms with Gasteiger partial charge in [0.25, 0.3) is 22.9 Å². The average molecular weight is 465 g/mol. The van der Waals surface area contributed by atoms with Crippen molar-refractivity contribution in [2.45, 2.75) is 0 Å². The second kappa shape index (κ2) is 11.3. The van der Waals surface area contributed by atoms with Crippen molar-refractivity contribution in [2.75, 3.05) is 26.2 Å². The number of nitrogens with one attached hydrogen (secondary N) is 2. The van der Waals surface area contributed by atoms with Crippen molar-refractivity contribution in [3.05, 3.63) is 68.5 Å². The van der Waals surface area contributed by atoms with Crippen LogP contribution in [0.1, 0.15) is 21.0 Å². The van der Waals surface area contributed by atoms with E-state index in [2.05, 4.69) is 23.4 Å². The molecule has 2 amide bonds. The predicted octanol–water partition coefficient (Wildman–Crippen LogP) is -1.21. The standard InChI is InChI=1S/C16H19N5O6S.Fe/c22-13-5-1-3-11(20(13)26)15(24)17-7-9-19(28)10-8-18-16(25)12-4-2-6-14(23)21(12)27;/h1-6,26-28H,7-10H2,(H,17,24)(H,18,25);. The fourth-order valence-corrected chi connectivity index (χ4v) is 2.40. The Hall–Kier alpha value is -2.73. The summed E-state index contributed by atoms with van der Waals surface area (Å²) in [5, 5.41) is 24.1. The number of amides is 2. The number of hydrogen-bond donors (Lipinski definition) is 5. The van der Waals surface area contributed by atoms with Gasteiger partial charge in [-0.2, -0.15) is 0 Å². The molecule has 2 aromatic rings. The van der Waals surface area contributed by atoms with Crippen LogP contribution >= 0.6 is 12.8 Å². The number of carbonyl (C=O) groups is 2. The summed E-state index contributed by atoms with van der Waals surface area (Å²) in [5.74, 6) is -1.25. The molecule has 13 heteroatoms. The zero-order chi connectivity index (χ0) is 20.7. The number of hydrogen-bond acceptors (Lipinski definition) is 8. The van der Waals surface area contributed by atoms with Gasteiger partial charge in [-0.25, -0.2) is 4.31 Å². The maximum absolute atomic E-state index is 11.9. The van der Waals surface area contributed by atoms with Gasteiger partial charge in [-0.15, -0.1) is 9.46 Å². The molecule has 0 aromatic carbocycles. The van der Waals surface area contributed by atoms with Crippen molar-refractivity contribution < 1.29 is 37.1 Å². The Balaban J connectivity index is 0.00000420. The Morgan fingerprint density at radius 1 is 0.862 bits per heavy atom. The van der Waals surface area contributed by atoms with E-state index >= 15 is 0 Å². The third-order valence-corrected chi connectivity index (χ3v) is 4.04. The molecule has 0 radical (unpaired) electrons. The van der Waals surface area contributed by atoms with Crippen LogP contribution in [0.25, 0.3) is 0 Å². The van der Waals surface area contributed by atoms with Crippen LogP contribution in [0, 0.1) is 0 Å². The van der Waals surface area contributed by atoms with Gasteiger partial charge in [0.05, 0.1) is 0 Å². The molecule has 2 aromatic heterocycles. The van der Waals surface area contributed by atoms with Gasteiger partial charge in [-0.1, -0.05) is 24.9 Å². The molecule has 0 saturated carbocycles. The summed E-state index contributed by atoms with van der Waals surface area (Å²) < 4.78 is 2.04. The minimum absolute atomic E-state index is 0. The zero-order valence-corrected chi connectivity index (χ0v) is 17.0. The van der Waals surface area contributed by atoms with E-state index in [-0.39, 0.29) is 51.0 Å². The van der Waals surface area contributed by atoms with Crippen molar-refractivity contribution in [1.82, 2.24) is 24.4 Å². The minimum atomic E-state index is -0.717. The first-order valence-electron chi connectivity index (χ1n) is 8.14. The van der Waals surface area contributed by atoms with Crippen molar-refractivity contribution in [3.63, 3.8) is 0 Å². The second-order valence-corrected chi connectivity index (χ2v) is 6.15. The molecule has 0 aliphatic heterocycles. The van der Waals surface area contributed by atoms with Crippen LogP contribution in [0.5, 0.6) is 0 Å². The third kappa shape index (κ3) is 6.68. The van der Waals surface area contributed by atoms with Gasteiger partial charge in [-0.05, 0) is 12.1 Å². The summed E-state index contributed by atoms with van der Waals surface area (Å²) in [6.07, 6.45) is 0. The topological polar surface area (TPSA) is 146 Å². The molecule has 0 unspecified atom stereocenters. The first-order valence-corrected chi connectivity index (χ1v) is 8.54. The van der Waals surface area contributed by atoms with Gasteiger partial charge in [0.2, 0.25) is 0 Å². The molecule has 0 fully saturated rings. The number of thiol groups is 1. The van der Waals surface area contributed by atoms with Crippen LogP contribution in [0.2, 0.25) is 0 Å². The van der Waals surface area contributed by atoms with Gasteiger partial charge in [0, 0.05) is 55.4 Å². The van der Waals surface area contributed by atoms with E-state index in [1.165, 1.54) is 28.6 Å². The third-order valence-electron chi connectivity index (χ3n) is 3.64. The van der Waals surface area contributed by atoms with E-state index in [1.54, 1.807) is 0 Å². The molecule has 11 nitrogen and oxygen atoms in total. The molecule has 4 N–H and O–H groups in total. The van der Waals surface area contributed by atoms with Crippen molar-refractivity contribution in [1.29, 1.82) is 0 Å². The summed E-state index contributed by atoms with van der Waals surface area (Å²) in [4.78, 5) is 46.4. The minimum Gasteiger partial charge on any atom is -0.425 e. The molecule has 0 saturated heterocycles. The average Bonchev–Trinajstić information content (AvgIpc) is 2.66. The molecule has 158 valence electrons. The normalized spacial score (nSPS) is 10.3. The molecule has 0 spiro atoms. The molecule has 2 rings (SSSR count). The van der Waals surface area contributed by atoms with Crippen molar-refractivity contribution in [3.8, 4) is 0 Å². The van der Waals surface area contributed by atoms with Gasteiger partial charge < -0.3 is 21.0 Å². The van der Waals surface area contributed by atoms with Gasteiger partial charge >= 0.3 is 0 Å². The maximum atomic E-state index is 11.9. The Bertz CT molecular complexity index is 901. The van der Waals surface area contributed by atoms with Crippen LogP contribution in [0.3, 0.4) is 0 Å². The van der Waals surface area contributed by atoms with Gasteiger partial charge in [-0.3, -0.25) is 19.2 Å². The van der Waals surface area contributed by atoms with E-state index in [9.17, 15) is 29.6 Å². The van der Waals surface area contributed by atoms with Crippen LogP contribution < -0.4 is 21.8 Å². The van der Waals surface area contributed by atoms with Crippen molar-refractivity contribution in [2.24, 2.45) is 0 Å².